The first kappa shape index (κ1) is 28.2. The normalized spacial score (nSPS) is 30.8. The molecule has 0 aromatic carbocycles. The van der Waals surface area contributed by atoms with Gasteiger partial charge in [-0.25, -0.2) is 19.9 Å². The van der Waals surface area contributed by atoms with Crippen LogP contribution >= 0.6 is 0 Å². The lowest BCUT2D eigenvalue weighted by Crippen LogP contribution is -2.70. The monoisotopic (exact) mass is 571 g/mol. The molecule has 2 aliphatic heterocycles. The molecule has 5 aliphatic rings. The first-order chi connectivity index (χ1) is 19.6. The minimum atomic E-state index is -4.20. The number of nitrogens with zero attached hydrogens (tertiary/aromatic N) is 5. The van der Waals surface area contributed by atoms with Crippen molar-refractivity contribution in [2.45, 2.75) is 95.9 Å². The largest absolute Gasteiger partial charge is 0.394 e. The molecule has 8 rings (SSSR count). The Bertz CT molecular complexity index is 1510. The summed E-state index contributed by atoms with van der Waals surface area (Å²) in [4.78, 5) is 31.7. The van der Waals surface area contributed by atoms with Crippen molar-refractivity contribution in [2.24, 2.45) is 5.41 Å². The Balaban J connectivity index is 0.00000148. The van der Waals surface area contributed by atoms with E-state index in [1.807, 2.05) is 40.0 Å². The van der Waals surface area contributed by atoms with Crippen molar-refractivity contribution in [3.63, 3.8) is 0 Å². The number of hydrogen-bond donors (Lipinski definition) is 0. The molecule has 5 heterocycles. The number of alkyl halides is 3. The molecule has 220 valence electrons. The molecule has 3 saturated carbocycles. The third-order valence-electron chi connectivity index (χ3n) is 9.37. The number of ether oxygens (including phenoxy) is 2. The summed E-state index contributed by atoms with van der Waals surface area (Å²) in [6.45, 7) is 9.34. The Morgan fingerprint density at radius 3 is 2.39 bits per heavy atom. The van der Waals surface area contributed by atoms with E-state index in [2.05, 4.69) is 4.98 Å². The molecule has 41 heavy (non-hydrogen) atoms. The van der Waals surface area contributed by atoms with Gasteiger partial charge < -0.3 is 14.0 Å². The lowest BCUT2D eigenvalue weighted by atomic mass is 9.34. The van der Waals surface area contributed by atoms with Crippen molar-refractivity contribution in [3.8, 4) is 0 Å². The van der Waals surface area contributed by atoms with Gasteiger partial charge in [0.1, 0.15) is 11.3 Å². The molecule has 2 bridgehead atoms. The minimum absolute atomic E-state index is 0.0153. The van der Waals surface area contributed by atoms with Gasteiger partial charge >= 0.3 is 6.18 Å². The van der Waals surface area contributed by atoms with Gasteiger partial charge in [0.05, 0.1) is 41.2 Å². The number of aromatic nitrogens is 5. The first-order valence-corrected chi connectivity index (χ1v) is 14.6. The van der Waals surface area contributed by atoms with Gasteiger partial charge in [-0.05, 0) is 64.0 Å². The molecule has 3 aromatic heterocycles. The topological polar surface area (TPSA) is 92.0 Å². The summed E-state index contributed by atoms with van der Waals surface area (Å²) >= 11 is 0. The van der Waals surface area contributed by atoms with Gasteiger partial charge in [-0.2, -0.15) is 13.2 Å². The maximum Gasteiger partial charge on any atom is 0.394 e. The number of halogens is 3. The van der Waals surface area contributed by atoms with Gasteiger partial charge in [0.2, 0.25) is 0 Å². The van der Waals surface area contributed by atoms with Gasteiger partial charge in [-0.15, -0.1) is 0 Å². The van der Waals surface area contributed by atoms with Crippen LogP contribution in [0.25, 0.3) is 11.2 Å². The molecule has 3 aromatic rings. The SMILES string of the molecule is CC.Cc1nc2nc(C3CCOC(c4ccc(=O)n(C5CCOC5)c4)C3)nc(C34CC(C(F)(F)F)(C3)C4)c2nc1C. The van der Waals surface area contributed by atoms with E-state index in [0.29, 0.717) is 55.3 Å². The highest BCUT2D eigenvalue weighted by molar-refractivity contribution is 5.75. The molecule has 0 amide bonds. The van der Waals surface area contributed by atoms with E-state index in [9.17, 15) is 18.0 Å². The maximum absolute atomic E-state index is 13.7. The summed E-state index contributed by atoms with van der Waals surface area (Å²) in [6, 6.07) is 3.40. The van der Waals surface area contributed by atoms with Crippen molar-refractivity contribution in [1.29, 1.82) is 0 Å². The third-order valence-corrected chi connectivity index (χ3v) is 9.37. The summed E-state index contributed by atoms with van der Waals surface area (Å²) < 4.78 is 54.3. The first-order valence-electron chi connectivity index (χ1n) is 14.6. The number of fused-ring (bicyclic) bond motifs is 1. The molecule has 2 saturated heterocycles. The van der Waals surface area contributed by atoms with E-state index >= 15 is 0 Å². The summed E-state index contributed by atoms with van der Waals surface area (Å²) in [7, 11) is 0. The molecule has 0 spiro atoms. The quantitative estimate of drug-likeness (QED) is 0.391. The molecule has 3 unspecified atom stereocenters. The van der Waals surface area contributed by atoms with Crippen LogP contribution in [-0.4, -0.2) is 50.5 Å². The Hall–Kier alpha value is -2.92. The van der Waals surface area contributed by atoms with E-state index in [0.717, 1.165) is 23.4 Å². The molecule has 5 fully saturated rings. The molecular weight excluding hydrogens is 535 g/mol. The van der Waals surface area contributed by atoms with E-state index in [4.69, 9.17) is 24.4 Å². The van der Waals surface area contributed by atoms with Gasteiger partial charge in [0.25, 0.3) is 5.56 Å². The smallest absolute Gasteiger partial charge is 0.379 e. The predicted molar refractivity (Wildman–Crippen MR) is 146 cm³/mol. The van der Waals surface area contributed by atoms with Gasteiger partial charge in [-0.1, -0.05) is 13.8 Å². The van der Waals surface area contributed by atoms with Crippen LogP contribution in [0.4, 0.5) is 13.2 Å². The molecule has 3 aliphatic carbocycles. The predicted octanol–water partition coefficient (Wildman–Crippen LogP) is 5.81. The van der Waals surface area contributed by atoms with Gasteiger partial charge in [0.15, 0.2) is 5.65 Å². The summed E-state index contributed by atoms with van der Waals surface area (Å²) in [5, 5.41) is 0. The number of aryl methyl sites for hydroxylation is 2. The average molecular weight is 572 g/mol. The van der Waals surface area contributed by atoms with Crippen LogP contribution in [0.15, 0.2) is 23.1 Å². The fourth-order valence-corrected chi connectivity index (χ4v) is 7.02. The van der Waals surface area contributed by atoms with Crippen molar-refractivity contribution in [2.75, 3.05) is 19.8 Å². The van der Waals surface area contributed by atoms with Crippen LogP contribution in [0, 0.1) is 19.3 Å². The third kappa shape index (κ3) is 4.56. The number of rotatable bonds is 4. The minimum Gasteiger partial charge on any atom is -0.379 e. The lowest BCUT2D eigenvalue weighted by Gasteiger charge is -2.70. The highest BCUT2D eigenvalue weighted by Gasteiger charge is 2.79. The average Bonchev–Trinajstić information content (AvgIpc) is 3.43. The highest BCUT2D eigenvalue weighted by Crippen LogP contribution is 2.78. The van der Waals surface area contributed by atoms with Gasteiger partial charge in [-0.3, -0.25) is 4.79 Å². The second kappa shape index (κ2) is 10.1. The number of hydrogen-bond acceptors (Lipinski definition) is 7. The second-order valence-corrected chi connectivity index (χ2v) is 11.9. The lowest BCUT2D eigenvalue weighted by molar-refractivity contribution is -0.337. The van der Waals surface area contributed by atoms with E-state index < -0.39 is 17.0 Å². The van der Waals surface area contributed by atoms with E-state index in [-0.39, 0.29) is 42.9 Å². The van der Waals surface area contributed by atoms with Crippen molar-refractivity contribution < 1.29 is 22.6 Å². The zero-order valence-corrected chi connectivity index (χ0v) is 23.9. The fraction of sp³-hybridized carbons (Fsp3) is 0.633. The van der Waals surface area contributed by atoms with E-state index in [1.54, 1.807) is 10.6 Å². The molecule has 3 atom stereocenters. The van der Waals surface area contributed by atoms with Crippen molar-refractivity contribution in [3.05, 3.63) is 57.2 Å². The van der Waals surface area contributed by atoms with Crippen molar-refractivity contribution >= 4 is 11.2 Å². The highest BCUT2D eigenvalue weighted by atomic mass is 19.4. The Morgan fingerprint density at radius 1 is 0.976 bits per heavy atom. The molecule has 0 N–H and O–H groups in total. The van der Waals surface area contributed by atoms with Crippen LogP contribution in [0.3, 0.4) is 0 Å². The summed E-state index contributed by atoms with van der Waals surface area (Å²) in [5.41, 5.74) is 1.68. The van der Waals surface area contributed by atoms with Crippen molar-refractivity contribution in [1.82, 2.24) is 24.5 Å². The number of pyridine rings is 1. The molecular formula is C30H36F3N5O3. The zero-order valence-electron chi connectivity index (χ0n) is 23.9. The van der Waals surface area contributed by atoms with Crippen LogP contribution in [0.5, 0.6) is 0 Å². The van der Waals surface area contributed by atoms with Crippen LogP contribution < -0.4 is 5.56 Å². The fourth-order valence-electron chi connectivity index (χ4n) is 7.02. The molecule has 0 radical (unpaired) electrons. The van der Waals surface area contributed by atoms with Crippen LogP contribution in [0.2, 0.25) is 0 Å². The Morgan fingerprint density at radius 2 is 1.71 bits per heavy atom. The summed E-state index contributed by atoms with van der Waals surface area (Å²) in [5.74, 6) is 0.529. The van der Waals surface area contributed by atoms with E-state index in [1.165, 1.54) is 0 Å². The van der Waals surface area contributed by atoms with Gasteiger partial charge in [0, 0.05) is 36.8 Å². The zero-order chi connectivity index (χ0) is 29.2. The Labute approximate surface area is 236 Å². The maximum atomic E-state index is 13.7. The standard InChI is InChI=1S/C28H30F3N5O3.C2H6/c1-15-16(2)33-25-22(32-15)23(26-12-27(13-26,14-26)28(29,30)31)34-24(35-25)17-5-8-39-20(9-17)18-3-4-21(37)36(10-18)19-6-7-38-11-19;1-2/h3-4,10,17,19-20H,5-9,11-14H2,1-2H3;1-2H3. The molecule has 11 heteroatoms. The van der Waals surface area contributed by atoms with Crippen LogP contribution in [-0.2, 0) is 14.9 Å². The summed E-state index contributed by atoms with van der Waals surface area (Å²) in [6.07, 6.45) is -0.355. The molecule has 8 nitrogen and oxygen atoms in total. The van der Waals surface area contributed by atoms with Crippen LogP contribution in [0.1, 0.15) is 98.9 Å². The second-order valence-electron chi connectivity index (χ2n) is 11.9. The Kier molecular flexibility index (Phi) is 6.96.